The van der Waals surface area contributed by atoms with Crippen molar-refractivity contribution in [3.05, 3.63) is 65.0 Å². The Bertz CT molecular complexity index is 788. The van der Waals surface area contributed by atoms with E-state index in [4.69, 9.17) is 4.74 Å². The first-order valence-corrected chi connectivity index (χ1v) is 7.88. The van der Waals surface area contributed by atoms with Crippen molar-refractivity contribution in [1.82, 2.24) is 0 Å². The van der Waals surface area contributed by atoms with Gasteiger partial charge in [0.15, 0.2) is 6.61 Å². The molecular formula is C19H18FNO3. The van der Waals surface area contributed by atoms with Crippen LogP contribution in [0.4, 0.5) is 10.1 Å². The number of para-hydroxylation sites is 1. The number of halogens is 1. The molecule has 0 radical (unpaired) electrons. The van der Waals surface area contributed by atoms with Gasteiger partial charge in [0, 0.05) is 12.2 Å². The van der Waals surface area contributed by atoms with Gasteiger partial charge >= 0.3 is 5.97 Å². The Morgan fingerprint density at radius 1 is 1.21 bits per heavy atom. The van der Waals surface area contributed by atoms with Crippen LogP contribution in [0.1, 0.15) is 27.9 Å². The van der Waals surface area contributed by atoms with Gasteiger partial charge in [-0.2, -0.15) is 0 Å². The van der Waals surface area contributed by atoms with Crippen LogP contribution >= 0.6 is 0 Å². The molecule has 24 heavy (non-hydrogen) atoms. The van der Waals surface area contributed by atoms with Gasteiger partial charge in [-0.25, -0.2) is 9.18 Å². The first-order chi connectivity index (χ1) is 11.6. The summed E-state index contributed by atoms with van der Waals surface area (Å²) in [5.41, 5.74) is 2.53. The third-order valence-corrected chi connectivity index (χ3v) is 4.15. The number of hydrogen-bond donors (Lipinski definition) is 0. The summed E-state index contributed by atoms with van der Waals surface area (Å²) < 4.78 is 18.6. The van der Waals surface area contributed by atoms with Gasteiger partial charge in [0.05, 0.1) is 5.56 Å². The molecule has 124 valence electrons. The number of nitrogens with zero attached hydrogens (tertiary/aromatic N) is 1. The summed E-state index contributed by atoms with van der Waals surface area (Å²) in [7, 11) is 0. The number of anilines is 1. The summed E-state index contributed by atoms with van der Waals surface area (Å²) in [6, 6.07) is 11.8. The van der Waals surface area contributed by atoms with Crippen LogP contribution in [0.25, 0.3) is 0 Å². The molecule has 5 heteroatoms. The minimum absolute atomic E-state index is 0.102. The molecule has 0 spiro atoms. The fraction of sp³-hybridized carbons (Fsp3) is 0.263. The molecule has 1 aliphatic heterocycles. The maximum atomic E-state index is 13.5. The van der Waals surface area contributed by atoms with E-state index in [0.29, 0.717) is 12.1 Å². The number of carbonyl (C=O) groups excluding carboxylic acids is 2. The number of ether oxygens (including phenoxy) is 1. The number of hydrogen-bond acceptors (Lipinski definition) is 3. The largest absolute Gasteiger partial charge is 0.452 e. The average molecular weight is 327 g/mol. The first kappa shape index (κ1) is 16.2. The topological polar surface area (TPSA) is 46.6 Å². The fourth-order valence-corrected chi connectivity index (χ4v) is 2.80. The van der Waals surface area contributed by atoms with E-state index >= 15 is 0 Å². The molecule has 0 saturated carbocycles. The molecule has 1 amide bonds. The number of fused-ring (bicyclic) bond motifs is 1. The maximum absolute atomic E-state index is 13.5. The van der Waals surface area contributed by atoms with Crippen molar-refractivity contribution in [3.63, 3.8) is 0 Å². The predicted molar refractivity (Wildman–Crippen MR) is 88.5 cm³/mol. The van der Waals surface area contributed by atoms with Crippen molar-refractivity contribution in [1.29, 1.82) is 0 Å². The molecule has 0 bridgehead atoms. The molecular weight excluding hydrogens is 309 g/mol. The molecule has 4 nitrogen and oxygen atoms in total. The number of rotatable bonds is 3. The predicted octanol–water partition coefficient (Wildman–Crippen LogP) is 3.27. The zero-order valence-corrected chi connectivity index (χ0v) is 13.4. The van der Waals surface area contributed by atoms with Crippen molar-refractivity contribution >= 4 is 17.6 Å². The summed E-state index contributed by atoms with van der Waals surface area (Å²) in [4.78, 5) is 26.0. The summed E-state index contributed by atoms with van der Waals surface area (Å²) in [5.74, 6) is -1.45. The minimum atomic E-state index is -0.701. The lowest BCUT2D eigenvalue weighted by Crippen LogP contribution is -2.38. The van der Waals surface area contributed by atoms with Crippen LogP contribution in [0.3, 0.4) is 0 Å². The highest BCUT2D eigenvalue weighted by Gasteiger charge is 2.23. The molecule has 1 heterocycles. The van der Waals surface area contributed by atoms with Crippen molar-refractivity contribution in [3.8, 4) is 0 Å². The van der Waals surface area contributed by atoms with Crippen LogP contribution in [-0.2, 0) is 16.0 Å². The third-order valence-electron chi connectivity index (χ3n) is 4.15. The second-order valence-corrected chi connectivity index (χ2v) is 5.82. The zero-order valence-electron chi connectivity index (χ0n) is 13.4. The van der Waals surface area contributed by atoms with Crippen molar-refractivity contribution in [2.45, 2.75) is 19.8 Å². The van der Waals surface area contributed by atoms with Crippen LogP contribution in [0.5, 0.6) is 0 Å². The third kappa shape index (κ3) is 3.30. The summed E-state index contributed by atoms with van der Waals surface area (Å²) >= 11 is 0. The monoisotopic (exact) mass is 327 g/mol. The van der Waals surface area contributed by atoms with E-state index in [1.165, 1.54) is 12.1 Å². The summed E-state index contributed by atoms with van der Waals surface area (Å²) in [6.07, 6.45) is 1.81. The van der Waals surface area contributed by atoms with Gasteiger partial charge < -0.3 is 9.64 Å². The Kier molecular flexibility index (Phi) is 4.60. The van der Waals surface area contributed by atoms with Gasteiger partial charge in [-0.15, -0.1) is 0 Å². The van der Waals surface area contributed by atoms with Gasteiger partial charge in [-0.05, 0) is 49.1 Å². The van der Waals surface area contributed by atoms with Crippen LogP contribution in [-0.4, -0.2) is 25.0 Å². The normalized spacial score (nSPS) is 13.3. The fourth-order valence-electron chi connectivity index (χ4n) is 2.80. The zero-order chi connectivity index (χ0) is 17.1. The molecule has 0 saturated heterocycles. The lowest BCUT2D eigenvalue weighted by atomic mass is 10.0. The SMILES string of the molecule is Cc1ccc(C(=O)OCC(=O)N2CCCc3ccccc32)cc1F. The molecule has 2 aromatic rings. The summed E-state index contributed by atoms with van der Waals surface area (Å²) in [6.45, 7) is 1.86. The quantitative estimate of drug-likeness (QED) is 0.813. The van der Waals surface area contributed by atoms with Crippen LogP contribution in [0.15, 0.2) is 42.5 Å². The Balaban J connectivity index is 1.66. The van der Waals surface area contributed by atoms with Crippen molar-refractivity contribution in [2.75, 3.05) is 18.1 Å². The Morgan fingerprint density at radius 2 is 2.00 bits per heavy atom. The highest BCUT2D eigenvalue weighted by atomic mass is 19.1. The Labute approximate surface area is 139 Å². The Morgan fingerprint density at radius 3 is 2.79 bits per heavy atom. The number of benzene rings is 2. The standard InChI is InChI=1S/C19H18FNO3/c1-13-8-9-15(11-16(13)20)19(23)24-12-18(22)21-10-4-6-14-5-2-3-7-17(14)21/h2-3,5,7-9,11H,4,6,10,12H2,1H3. The van der Waals surface area contributed by atoms with E-state index in [1.807, 2.05) is 24.3 Å². The van der Waals surface area contributed by atoms with E-state index in [-0.39, 0.29) is 18.1 Å². The van der Waals surface area contributed by atoms with Crippen LogP contribution in [0, 0.1) is 12.7 Å². The number of carbonyl (C=O) groups is 2. The average Bonchev–Trinajstić information content (AvgIpc) is 2.61. The summed E-state index contributed by atoms with van der Waals surface area (Å²) in [5, 5.41) is 0. The lowest BCUT2D eigenvalue weighted by molar-refractivity contribution is -0.121. The van der Waals surface area contributed by atoms with E-state index in [0.717, 1.165) is 30.2 Å². The molecule has 0 aliphatic carbocycles. The van der Waals surface area contributed by atoms with E-state index < -0.39 is 11.8 Å². The van der Waals surface area contributed by atoms with E-state index in [1.54, 1.807) is 11.8 Å². The van der Waals surface area contributed by atoms with Gasteiger partial charge in [-0.1, -0.05) is 24.3 Å². The van der Waals surface area contributed by atoms with Gasteiger partial charge in [0.25, 0.3) is 5.91 Å². The van der Waals surface area contributed by atoms with Gasteiger partial charge in [0.2, 0.25) is 0 Å². The van der Waals surface area contributed by atoms with E-state index in [9.17, 15) is 14.0 Å². The molecule has 0 fully saturated rings. The smallest absolute Gasteiger partial charge is 0.338 e. The van der Waals surface area contributed by atoms with E-state index in [2.05, 4.69) is 0 Å². The molecule has 0 aromatic heterocycles. The molecule has 0 unspecified atom stereocenters. The second-order valence-electron chi connectivity index (χ2n) is 5.82. The number of aryl methyl sites for hydroxylation is 2. The van der Waals surface area contributed by atoms with Crippen molar-refractivity contribution in [2.24, 2.45) is 0 Å². The first-order valence-electron chi connectivity index (χ1n) is 7.88. The molecule has 1 aliphatic rings. The molecule has 2 aromatic carbocycles. The molecule has 3 rings (SSSR count). The second kappa shape index (κ2) is 6.83. The van der Waals surface area contributed by atoms with Crippen LogP contribution in [0.2, 0.25) is 0 Å². The number of esters is 1. The van der Waals surface area contributed by atoms with Crippen LogP contribution < -0.4 is 4.90 Å². The highest BCUT2D eigenvalue weighted by Crippen LogP contribution is 2.26. The minimum Gasteiger partial charge on any atom is -0.452 e. The molecule has 0 atom stereocenters. The van der Waals surface area contributed by atoms with Gasteiger partial charge in [-0.3, -0.25) is 4.79 Å². The molecule has 0 N–H and O–H groups in total. The maximum Gasteiger partial charge on any atom is 0.338 e. The lowest BCUT2D eigenvalue weighted by Gasteiger charge is -2.29. The highest BCUT2D eigenvalue weighted by molar-refractivity contribution is 5.97. The van der Waals surface area contributed by atoms with Crippen molar-refractivity contribution < 1.29 is 18.7 Å². The number of amides is 1. The van der Waals surface area contributed by atoms with Gasteiger partial charge in [0.1, 0.15) is 5.82 Å². The Hall–Kier alpha value is -2.69.